The molecule has 0 spiro atoms. The molecule has 100 valence electrons. The Bertz CT molecular complexity index is 636. The first-order valence-corrected chi connectivity index (χ1v) is 7.32. The molecule has 1 aromatic heterocycles. The van der Waals surface area contributed by atoms with Gasteiger partial charge in [-0.05, 0) is 13.0 Å². The van der Waals surface area contributed by atoms with Crippen LogP contribution >= 0.6 is 27.3 Å². The van der Waals surface area contributed by atoms with Crippen LogP contribution in [-0.4, -0.2) is 23.8 Å². The van der Waals surface area contributed by atoms with Crippen molar-refractivity contribution in [2.75, 3.05) is 12.4 Å². The third-order valence-electron chi connectivity index (χ3n) is 2.58. The van der Waals surface area contributed by atoms with Crippen LogP contribution in [0.2, 0.25) is 0 Å². The van der Waals surface area contributed by atoms with Gasteiger partial charge in [0, 0.05) is 10.1 Å². The molecule has 0 aliphatic carbocycles. The highest BCUT2D eigenvalue weighted by atomic mass is 79.9. The van der Waals surface area contributed by atoms with Crippen molar-refractivity contribution in [3.8, 4) is 0 Å². The lowest BCUT2D eigenvalue weighted by molar-refractivity contribution is -0.115. The van der Waals surface area contributed by atoms with Crippen LogP contribution in [0.4, 0.5) is 5.69 Å². The zero-order chi connectivity index (χ0) is 14.0. The van der Waals surface area contributed by atoms with E-state index in [-0.39, 0.29) is 10.7 Å². The molecule has 0 radical (unpaired) electrons. The highest BCUT2D eigenvalue weighted by molar-refractivity contribution is 9.10. The second-order valence-corrected chi connectivity index (χ2v) is 6.32. The van der Waals surface area contributed by atoms with Gasteiger partial charge in [-0.15, -0.1) is 11.3 Å². The van der Waals surface area contributed by atoms with Crippen molar-refractivity contribution in [3.63, 3.8) is 0 Å². The second kappa shape index (κ2) is 5.71. The molecule has 1 amide bonds. The monoisotopic (exact) mass is 341 g/mol. The Morgan fingerprint density at radius 1 is 1.37 bits per heavy atom. The lowest BCUT2D eigenvalue weighted by Gasteiger charge is -2.07. The van der Waals surface area contributed by atoms with Crippen molar-refractivity contribution in [2.24, 2.45) is 0 Å². The van der Waals surface area contributed by atoms with Crippen molar-refractivity contribution >= 4 is 54.9 Å². The Labute approximate surface area is 122 Å². The number of rotatable bonds is 3. The van der Waals surface area contributed by atoms with Crippen LogP contribution in [0.5, 0.6) is 0 Å². The molecular weight excluding hydrogens is 330 g/mol. The molecule has 1 aromatic carbocycles. The maximum absolute atomic E-state index is 11.8. The van der Waals surface area contributed by atoms with E-state index in [9.17, 15) is 9.59 Å². The van der Waals surface area contributed by atoms with Crippen molar-refractivity contribution in [3.05, 3.63) is 29.1 Å². The first kappa shape index (κ1) is 14.0. The minimum absolute atomic E-state index is 0.200. The smallest absolute Gasteiger partial charge is 0.350 e. The summed E-state index contributed by atoms with van der Waals surface area (Å²) in [5.41, 5.74) is 0.517. The van der Waals surface area contributed by atoms with Gasteiger partial charge in [0.15, 0.2) is 0 Å². The van der Waals surface area contributed by atoms with Crippen molar-refractivity contribution in [1.29, 1.82) is 0 Å². The third-order valence-corrected chi connectivity index (χ3v) is 4.14. The molecule has 0 bridgehead atoms. The Hall–Kier alpha value is -1.40. The zero-order valence-corrected chi connectivity index (χ0v) is 12.8. The van der Waals surface area contributed by atoms with E-state index in [4.69, 9.17) is 4.74 Å². The quantitative estimate of drug-likeness (QED) is 0.687. The lowest BCUT2D eigenvalue weighted by atomic mass is 10.2. The molecule has 0 saturated carbocycles. The van der Waals surface area contributed by atoms with Gasteiger partial charge in [-0.1, -0.05) is 34.1 Å². The minimum atomic E-state index is -0.446. The van der Waals surface area contributed by atoms with Crippen molar-refractivity contribution < 1.29 is 14.3 Å². The number of thiophene rings is 1. The predicted octanol–water partition coefficient (Wildman–Crippen LogP) is 3.41. The molecule has 1 N–H and O–H groups in total. The van der Waals surface area contributed by atoms with Gasteiger partial charge in [0.2, 0.25) is 5.91 Å². The zero-order valence-electron chi connectivity index (χ0n) is 10.4. The number of benzene rings is 1. The molecule has 2 rings (SSSR count). The average Bonchev–Trinajstić information content (AvgIpc) is 2.77. The fourth-order valence-electron chi connectivity index (χ4n) is 1.63. The van der Waals surface area contributed by atoms with Crippen LogP contribution in [0.1, 0.15) is 16.6 Å². The molecule has 0 saturated heterocycles. The van der Waals surface area contributed by atoms with Crippen LogP contribution < -0.4 is 5.32 Å². The largest absolute Gasteiger partial charge is 0.465 e. The number of anilines is 1. The maximum Gasteiger partial charge on any atom is 0.350 e. The SMILES string of the molecule is COC(=O)c1sc2ccccc2c1NC(=O)C(C)Br. The molecule has 19 heavy (non-hydrogen) atoms. The first-order chi connectivity index (χ1) is 9.04. The standard InChI is InChI=1S/C13H12BrNO3S/c1-7(14)12(16)15-10-8-5-3-4-6-9(8)19-11(10)13(17)18-2/h3-7H,1-2H3,(H,15,16). The summed E-state index contributed by atoms with van der Waals surface area (Å²) >= 11 is 4.51. The topological polar surface area (TPSA) is 55.4 Å². The minimum Gasteiger partial charge on any atom is -0.465 e. The number of esters is 1. The average molecular weight is 342 g/mol. The van der Waals surface area contributed by atoms with Gasteiger partial charge in [0.1, 0.15) is 4.88 Å². The number of nitrogens with one attached hydrogen (secondary N) is 1. The summed E-state index contributed by atoms with van der Waals surface area (Å²) in [5.74, 6) is -0.646. The van der Waals surface area contributed by atoms with E-state index < -0.39 is 5.97 Å². The fraction of sp³-hybridized carbons (Fsp3) is 0.231. The first-order valence-electron chi connectivity index (χ1n) is 5.59. The second-order valence-electron chi connectivity index (χ2n) is 3.90. The van der Waals surface area contributed by atoms with E-state index in [0.29, 0.717) is 10.6 Å². The highest BCUT2D eigenvalue weighted by Gasteiger charge is 2.21. The van der Waals surface area contributed by atoms with Crippen LogP contribution in [0, 0.1) is 0 Å². The number of methoxy groups -OCH3 is 1. The summed E-state index contributed by atoms with van der Waals surface area (Å²) in [7, 11) is 1.32. The molecule has 1 atom stereocenters. The van der Waals surface area contributed by atoms with Gasteiger partial charge in [-0.25, -0.2) is 4.79 Å². The summed E-state index contributed by atoms with van der Waals surface area (Å²) < 4.78 is 5.69. The Morgan fingerprint density at radius 3 is 2.68 bits per heavy atom. The van der Waals surface area contributed by atoms with E-state index in [0.717, 1.165) is 10.1 Å². The Morgan fingerprint density at radius 2 is 2.05 bits per heavy atom. The Balaban J connectivity index is 2.54. The predicted molar refractivity (Wildman–Crippen MR) is 80.2 cm³/mol. The van der Waals surface area contributed by atoms with Crippen LogP contribution in [-0.2, 0) is 9.53 Å². The summed E-state index contributed by atoms with van der Waals surface area (Å²) in [6, 6.07) is 7.52. The summed E-state index contributed by atoms with van der Waals surface area (Å²) in [6.45, 7) is 1.72. The number of amides is 1. The van der Waals surface area contributed by atoms with Crippen molar-refractivity contribution in [1.82, 2.24) is 0 Å². The number of carbonyl (C=O) groups is 2. The number of hydrogen-bond acceptors (Lipinski definition) is 4. The number of carbonyl (C=O) groups excluding carboxylic acids is 2. The van der Waals surface area contributed by atoms with Gasteiger partial charge in [0.05, 0.1) is 17.6 Å². The van der Waals surface area contributed by atoms with E-state index >= 15 is 0 Å². The highest BCUT2D eigenvalue weighted by Crippen LogP contribution is 2.36. The van der Waals surface area contributed by atoms with Crippen LogP contribution in [0.3, 0.4) is 0 Å². The third kappa shape index (κ3) is 2.79. The Kier molecular flexibility index (Phi) is 4.21. The van der Waals surface area contributed by atoms with E-state index in [1.165, 1.54) is 18.4 Å². The van der Waals surface area contributed by atoms with Gasteiger partial charge < -0.3 is 10.1 Å². The van der Waals surface area contributed by atoms with Gasteiger partial charge in [-0.2, -0.15) is 0 Å². The normalized spacial score (nSPS) is 12.2. The number of ether oxygens (including phenoxy) is 1. The fourth-order valence-corrected chi connectivity index (χ4v) is 2.82. The van der Waals surface area contributed by atoms with Crippen LogP contribution in [0.15, 0.2) is 24.3 Å². The molecular formula is C13H12BrNO3S. The van der Waals surface area contributed by atoms with Gasteiger partial charge in [0.25, 0.3) is 0 Å². The summed E-state index contributed by atoms with van der Waals surface area (Å²) in [5, 5.41) is 3.61. The lowest BCUT2D eigenvalue weighted by Crippen LogP contribution is -2.21. The molecule has 4 nitrogen and oxygen atoms in total. The molecule has 6 heteroatoms. The van der Waals surface area contributed by atoms with Crippen LogP contribution in [0.25, 0.3) is 10.1 Å². The molecule has 0 fully saturated rings. The molecule has 1 heterocycles. The van der Waals surface area contributed by atoms with E-state index in [1.807, 2.05) is 24.3 Å². The molecule has 1 unspecified atom stereocenters. The van der Waals surface area contributed by atoms with E-state index in [2.05, 4.69) is 21.2 Å². The maximum atomic E-state index is 11.8. The molecule has 2 aromatic rings. The van der Waals surface area contributed by atoms with Gasteiger partial charge >= 0.3 is 5.97 Å². The number of alkyl halides is 1. The summed E-state index contributed by atoms with van der Waals surface area (Å²) in [4.78, 5) is 23.7. The van der Waals surface area contributed by atoms with Gasteiger partial charge in [-0.3, -0.25) is 4.79 Å². The number of halogens is 1. The molecule has 0 aliphatic heterocycles. The molecule has 0 aliphatic rings. The number of fused-ring (bicyclic) bond motifs is 1. The number of hydrogen-bond donors (Lipinski definition) is 1. The summed E-state index contributed by atoms with van der Waals surface area (Å²) in [6.07, 6.45) is 0. The van der Waals surface area contributed by atoms with E-state index in [1.54, 1.807) is 6.92 Å². The van der Waals surface area contributed by atoms with Crippen molar-refractivity contribution in [2.45, 2.75) is 11.8 Å².